The van der Waals surface area contributed by atoms with Crippen molar-refractivity contribution in [3.8, 4) is 17.2 Å². The molecule has 25 nitrogen and oxygen atoms in total. The smallest absolute Gasteiger partial charge is 0.303 e. The number of amides is 1. The number of imidazole rings is 1. The molecule has 0 aliphatic carbocycles. The van der Waals surface area contributed by atoms with E-state index in [1.807, 2.05) is 103 Å². The molecule has 2 aliphatic heterocycles. The summed E-state index contributed by atoms with van der Waals surface area (Å²) in [4.78, 5) is 76.1. The number of ether oxygens (including phenoxy) is 12. The van der Waals surface area contributed by atoms with Gasteiger partial charge in [0.05, 0.1) is 59.7 Å². The zero-order valence-electron chi connectivity index (χ0n) is 53.9. The molecule has 9 atom stereocenters. The van der Waals surface area contributed by atoms with Crippen LogP contribution in [0.15, 0.2) is 116 Å². The molecule has 496 valence electrons. The van der Waals surface area contributed by atoms with Crippen LogP contribution in [0, 0.1) is 0 Å². The van der Waals surface area contributed by atoms with Crippen LogP contribution in [-0.2, 0) is 81.3 Å². The number of esters is 4. The summed E-state index contributed by atoms with van der Waals surface area (Å²) in [5.41, 5.74) is 3.09. The van der Waals surface area contributed by atoms with Crippen LogP contribution in [0.1, 0.15) is 110 Å². The van der Waals surface area contributed by atoms with Crippen LogP contribution >= 0.6 is 8.53 Å². The molecule has 4 aromatic carbocycles. The number of carbonyl (C=O) groups is 5. The van der Waals surface area contributed by atoms with Crippen LogP contribution in [0.4, 0.5) is 5.82 Å². The first-order valence-corrected chi connectivity index (χ1v) is 31.5. The molecule has 8 rings (SSSR count). The Labute approximate surface area is 536 Å². The number of benzene rings is 4. The van der Waals surface area contributed by atoms with Gasteiger partial charge in [0.1, 0.15) is 54.2 Å². The van der Waals surface area contributed by atoms with Gasteiger partial charge in [-0.25, -0.2) is 19.6 Å². The van der Waals surface area contributed by atoms with E-state index in [-0.39, 0.29) is 64.0 Å². The quantitative estimate of drug-likeness (QED) is 0.0135. The van der Waals surface area contributed by atoms with Crippen molar-refractivity contribution in [1.82, 2.24) is 24.2 Å². The molecule has 0 bridgehead atoms. The standard InChI is InChI=1S/C66H83N6O19P/c1-40(2)47-18-24-53(25-19-47)83-37-57(77)70-63-59-64(68-38-67-63)71(39-69-59)58-34-54(55(89-58)36-84-66(48-16-14-13-15-17-48,49-20-26-51(78-11)27-21-49)50-22-28-52(79-12)29-23-50)91-92(72(41(3)4)42(5)6)85-33-31-80-30-32-81-65-62(88-46(10)76)61(87-45(9)75)60(86-44(8)74)56(90-65)35-82-43(7)73/h13-29,38-42,54-56,58,60-62,65H,30-37H2,1-12H3,(H,67,68,70,77)/t54-,55+,56+,58+,60+,61-,62+,65+,92?/m0/s1. The number of methoxy groups -OCH3 is 2. The lowest BCUT2D eigenvalue weighted by atomic mass is 9.80. The van der Waals surface area contributed by atoms with E-state index in [4.69, 9.17) is 70.9 Å². The first kappa shape index (κ1) is 70.2. The Hall–Kier alpha value is -7.71. The van der Waals surface area contributed by atoms with E-state index < -0.39 is 99.7 Å². The summed E-state index contributed by atoms with van der Waals surface area (Å²) in [7, 11) is 1.34. The molecule has 2 aromatic heterocycles. The second-order valence-corrected chi connectivity index (χ2v) is 24.0. The Morgan fingerprint density at radius 2 is 1.24 bits per heavy atom. The number of aromatic nitrogens is 4. The van der Waals surface area contributed by atoms with Gasteiger partial charge >= 0.3 is 23.9 Å². The van der Waals surface area contributed by atoms with Crippen molar-refractivity contribution in [2.75, 3.05) is 65.8 Å². The van der Waals surface area contributed by atoms with E-state index in [0.717, 1.165) is 43.0 Å². The SMILES string of the molecule is COc1ccc(C(OC[C@H]2O[C@@H](n3cnc4c(NC(=O)COc5ccc(C(C)C)cc5)ncnc43)C[C@@H]2OP(OCCOCCO[C@@H]2O[C@H](COC(C)=O)[C@@H](OC(C)=O)[C@H](OC(C)=O)[C@H]2OC(C)=O)N(C(C)C)C(C)C)(c2ccccc2)c2ccc(OC)cc2)cc1. The van der Waals surface area contributed by atoms with Crippen molar-refractivity contribution in [1.29, 1.82) is 0 Å². The van der Waals surface area contributed by atoms with Gasteiger partial charge in [-0.15, -0.1) is 0 Å². The minimum atomic E-state index is -1.89. The summed E-state index contributed by atoms with van der Waals surface area (Å²) in [6, 6.07) is 32.9. The summed E-state index contributed by atoms with van der Waals surface area (Å²) < 4.78 is 89.6. The fraction of sp³-hybridized carbons (Fsp3) is 0.485. The van der Waals surface area contributed by atoms with Crippen LogP contribution in [0.3, 0.4) is 0 Å². The minimum absolute atomic E-state index is 0.0214. The highest BCUT2D eigenvalue weighted by molar-refractivity contribution is 7.44. The number of rotatable bonds is 32. The van der Waals surface area contributed by atoms with Gasteiger partial charge in [-0.05, 0) is 92.3 Å². The van der Waals surface area contributed by atoms with Crippen LogP contribution in [-0.4, -0.2) is 169 Å². The molecular weight excluding hydrogens is 1210 g/mol. The van der Waals surface area contributed by atoms with Crippen molar-refractivity contribution in [3.05, 3.63) is 138 Å². The molecule has 4 heterocycles. The molecule has 0 radical (unpaired) electrons. The van der Waals surface area contributed by atoms with Crippen molar-refractivity contribution in [2.24, 2.45) is 0 Å². The summed E-state index contributed by atoms with van der Waals surface area (Å²) in [5, 5.41) is 2.85. The van der Waals surface area contributed by atoms with Gasteiger partial charge in [-0.2, -0.15) is 0 Å². The molecule has 6 aromatic rings. The Bertz CT molecular complexity index is 3300. The lowest BCUT2D eigenvalue weighted by Crippen LogP contribution is -2.63. The zero-order chi connectivity index (χ0) is 66.1. The molecule has 92 heavy (non-hydrogen) atoms. The predicted molar refractivity (Wildman–Crippen MR) is 335 cm³/mol. The van der Waals surface area contributed by atoms with E-state index in [0.29, 0.717) is 34.3 Å². The van der Waals surface area contributed by atoms with Gasteiger partial charge < -0.3 is 71.2 Å². The highest BCUT2D eigenvalue weighted by atomic mass is 31.2. The number of nitrogens with one attached hydrogen (secondary N) is 1. The fourth-order valence-corrected chi connectivity index (χ4v) is 12.6. The number of anilines is 1. The average Bonchev–Trinajstić information content (AvgIpc) is 0.965. The summed E-state index contributed by atoms with van der Waals surface area (Å²) >= 11 is 0. The average molecular weight is 1300 g/mol. The molecule has 1 N–H and O–H groups in total. The number of nitrogens with zero attached hydrogens (tertiary/aromatic N) is 5. The van der Waals surface area contributed by atoms with E-state index in [9.17, 15) is 24.0 Å². The number of hydrogen-bond donors (Lipinski definition) is 1. The molecule has 2 saturated heterocycles. The Morgan fingerprint density at radius 3 is 1.83 bits per heavy atom. The number of carbonyl (C=O) groups excluding carboxylic acids is 5. The third-order valence-corrected chi connectivity index (χ3v) is 17.2. The first-order valence-electron chi connectivity index (χ1n) is 30.4. The van der Waals surface area contributed by atoms with Crippen LogP contribution in [0.25, 0.3) is 11.2 Å². The van der Waals surface area contributed by atoms with Crippen molar-refractivity contribution >= 4 is 55.3 Å². The molecule has 2 fully saturated rings. The van der Waals surface area contributed by atoms with Crippen molar-refractivity contribution in [3.63, 3.8) is 0 Å². The van der Waals surface area contributed by atoms with E-state index in [1.165, 1.54) is 13.3 Å². The molecule has 26 heteroatoms. The second-order valence-electron chi connectivity index (χ2n) is 22.6. The van der Waals surface area contributed by atoms with Gasteiger partial charge in [-0.1, -0.05) is 80.6 Å². The molecule has 0 spiro atoms. The topological polar surface area (TPSA) is 273 Å². The number of hydrogen-bond acceptors (Lipinski definition) is 23. The largest absolute Gasteiger partial charge is 0.497 e. The van der Waals surface area contributed by atoms with Crippen molar-refractivity contribution < 1.29 is 89.9 Å². The van der Waals surface area contributed by atoms with Crippen LogP contribution in [0.5, 0.6) is 17.2 Å². The van der Waals surface area contributed by atoms with Gasteiger partial charge in [0.15, 0.2) is 48.2 Å². The molecule has 2 aliphatic rings. The van der Waals surface area contributed by atoms with Gasteiger partial charge in [0, 0.05) is 46.2 Å². The maximum absolute atomic E-state index is 13.4. The van der Waals surface area contributed by atoms with Crippen molar-refractivity contribution in [2.45, 2.75) is 148 Å². The maximum Gasteiger partial charge on any atom is 0.303 e. The number of fused-ring (bicyclic) bond motifs is 1. The second kappa shape index (κ2) is 33.2. The Kier molecular flexibility index (Phi) is 25.3. The predicted octanol–water partition coefficient (Wildman–Crippen LogP) is 9.14. The summed E-state index contributed by atoms with van der Waals surface area (Å²) in [5.74, 6) is -0.980. The Balaban J connectivity index is 1.05. The molecule has 1 amide bonds. The van der Waals surface area contributed by atoms with Gasteiger partial charge in [-0.3, -0.25) is 28.5 Å². The highest BCUT2D eigenvalue weighted by Crippen LogP contribution is 2.51. The summed E-state index contributed by atoms with van der Waals surface area (Å²) in [6.45, 7) is 16.3. The monoisotopic (exact) mass is 1290 g/mol. The molecule has 0 saturated carbocycles. The Morgan fingerprint density at radius 1 is 0.652 bits per heavy atom. The normalized spacial score (nSPS) is 20.3. The van der Waals surface area contributed by atoms with Crippen LogP contribution < -0.4 is 19.5 Å². The minimum Gasteiger partial charge on any atom is -0.497 e. The highest BCUT2D eigenvalue weighted by Gasteiger charge is 2.53. The first-order chi connectivity index (χ1) is 44.2. The zero-order valence-corrected chi connectivity index (χ0v) is 54.8. The lowest BCUT2D eigenvalue weighted by Gasteiger charge is -2.44. The van der Waals surface area contributed by atoms with E-state index >= 15 is 0 Å². The third kappa shape index (κ3) is 18.1. The lowest BCUT2D eigenvalue weighted by molar-refractivity contribution is -0.309. The summed E-state index contributed by atoms with van der Waals surface area (Å²) in [6.07, 6.45) is -5.72. The molecular formula is C66H83N6O19P. The van der Waals surface area contributed by atoms with Gasteiger partial charge in [0.2, 0.25) is 0 Å². The van der Waals surface area contributed by atoms with E-state index in [2.05, 4.69) is 61.5 Å². The maximum atomic E-state index is 13.4. The third-order valence-electron chi connectivity index (χ3n) is 15.0. The van der Waals surface area contributed by atoms with Crippen LogP contribution in [0.2, 0.25) is 0 Å². The van der Waals surface area contributed by atoms with E-state index in [1.54, 1.807) is 25.1 Å². The molecule has 1 unspecified atom stereocenters. The van der Waals surface area contributed by atoms with Gasteiger partial charge in [0.25, 0.3) is 14.4 Å². The fourth-order valence-electron chi connectivity index (χ4n) is 10.9.